The Morgan fingerprint density at radius 1 is 1.15 bits per heavy atom. The normalized spacial score (nSPS) is 12.0. The number of carbonyl (C=O) groups excluding carboxylic acids is 2. The smallest absolute Gasteiger partial charge is 0.347 e. The van der Waals surface area contributed by atoms with Gasteiger partial charge < -0.3 is 25.6 Å². The molecule has 1 aromatic carbocycles. The van der Waals surface area contributed by atoms with Gasteiger partial charge in [0.05, 0.1) is 13.2 Å². The van der Waals surface area contributed by atoms with Gasteiger partial charge >= 0.3 is 17.9 Å². The van der Waals surface area contributed by atoms with Crippen LogP contribution in [0.5, 0.6) is 0 Å². The molecule has 1 aromatic rings. The lowest BCUT2D eigenvalue weighted by Gasteiger charge is -2.19. The summed E-state index contributed by atoms with van der Waals surface area (Å²) >= 11 is 0. The molecule has 146 valence electrons. The number of hydrogen-bond donors (Lipinski definition) is 3. The summed E-state index contributed by atoms with van der Waals surface area (Å²) < 4.78 is 9.90. The quantitative estimate of drug-likeness (QED) is 0.590. The molecule has 8 nitrogen and oxygen atoms in total. The Labute approximate surface area is 153 Å². The van der Waals surface area contributed by atoms with Gasteiger partial charge in [-0.1, -0.05) is 25.1 Å². The van der Waals surface area contributed by atoms with Crippen LogP contribution in [0.2, 0.25) is 0 Å². The topological polar surface area (TPSA) is 128 Å². The van der Waals surface area contributed by atoms with Gasteiger partial charge in [-0.25, -0.2) is 9.59 Å². The number of aliphatic carboxylic acids is 1. The lowest BCUT2D eigenvalue weighted by Crippen LogP contribution is -2.34. The number of benzene rings is 1. The summed E-state index contributed by atoms with van der Waals surface area (Å²) in [6.07, 6.45) is -0.0346. The Morgan fingerprint density at radius 3 is 2.23 bits per heavy atom. The number of esters is 2. The van der Waals surface area contributed by atoms with Crippen molar-refractivity contribution in [3.8, 4) is 0 Å². The summed E-state index contributed by atoms with van der Waals surface area (Å²) in [7, 11) is 0. The van der Waals surface area contributed by atoms with E-state index in [9.17, 15) is 14.4 Å². The van der Waals surface area contributed by atoms with Crippen LogP contribution in [0.3, 0.4) is 0 Å². The van der Waals surface area contributed by atoms with E-state index in [1.165, 1.54) is 6.92 Å². The largest absolute Gasteiger partial charge is 0.480 e. The maximum absolute atomic E-state index is 12.0. The molecular formula is C18H28N2O6. The third-order valence-corrected chi connectivity index (χ3v) is 3.21. The number of aryl methyl sites for hydroxylation is 1. The highest BCUT2D eigenvalue weighted by Gasteiger charge is 2.23. The standard InChI is InChI=1S/C16H23NO4.C2H5NO2/c1-5-13-9-7-8-10-14(13)17-11(3)15(18)21-12(4)16(19)20-6-2;3-1-2(4)5/h7-12,17H,5-6H2,1-4H3;1,3H2,(H,4,5)/t11-,12?;/m0./s1. The van der Waals surface area contributed by atoms with Gasteiger partial charge in [0.15, 0.2) is 6.10 Å². The van der Waals surface area contributed by atoms with E-state index < -0.39 is 30.1 Å². The summed E-state index contributed by atoms with van der Waals surface area (Å²) in [5.41, 5.74) is 6.59. The molecule has 0 saturated carbocycles. The summed E-state index contributed by atoms with van der Waals surface area (Å²) in [5.74, 6) is -1.99. The highest BCUT2D eigenvalue weighted by Crippen LogP contribution is 2.17. The van der Waals surface area contributed by atoms with Crippen LogP contribution in [0.4, 0.5) is 5.69 Å². The molecule has 0 fully saturated rings. The molecule has 0 spiro atoms. The molecule has 0 aliphatic rings. The van der Waals surface area contributed by atoms with Crippen molar-refractivity contribution in [3.05, 3.63) is 29.8 Å². The fraction of sp³-hybridized carbons (Fsp3) is 0.500. The number of rotatable bonds is 8. The second-order valence-corrected chi connectivity index (χ2v) is 5.31. The van der Waals surface area contributed by atoms with Crippen molar-refractivity contribution in [3.63, 3.8) is 0 Å². The molecule has 26 heavy (non-hydrogen) atoms. The number of para-hydroxylation sites is 1. The maximum Gasteiger partial charge on any atom is 0.347 e. The number of nitrogens with two attached hydrogens (primary N) is 1. The molecule has 0 saturated heterocycles. The molecule has 0 heterocycles. The second kappa shape index (κ2) is 12.7. The Balaban J connectivity index is 0.00000110. The number of hydrogen-bond acceptors (Lipinski definition) is 7. The van der Waals surface area contributed by atoms with Gasteiger partial charge in [0.25, 0.3) is 0 Å². The molecule has 0 aromatic heterocycles. The second-order valence-electron chi connectivity index (χ2n) is 5.31. The third-order valence-electron chi connectivity index (χ3n) is 3.21. The van der Waals surface area contributed by atoms with Crippen molar-refractivity contribution in [2.75, 3.05) is 18.5 Å². The minimum Gasteiger partial charge on any atom is -0.480 e. The lowest BCUT2D eigenvalue weighted by atomic mass is 10.1. The molecule has 0 bridgehead atoms. The monoisotopic (exact) mass is 368 g/mol. The summed E-state index contributed by atoms with van der Waals surface area (Å²) in [5, 5.41) is 10.7. The summed E-state index contributed by atoms with van der Waals surface area (Å²) in [6.45, 7) is 6.94. The molecule has 4 N–H and O–H groups in total. The number of anilines is 1. The summed E-state index contributed by atoms with van der Waals surface area (Å²) in [4.78, 5) is 32.7. The average Bonchev–Trinajstić information content (AvgIpc) is 2.62. The first-order valence-electron chi connectivity index (χ1n) is 8.40. The first kappa shape index (κ1) is 23.4. The van der Waals surface area contributed by atoms with Crippen LogP contribution < -0.4 is 11.1 Å². The van der Waals surface area contributed by atoms with Crippen molar-refractivity contribution in [2.45, 2.75) is 46.3 Å². The molecule has 1 rings (SSSR count). The maximum atomic E-state index is 12.0. The van der Waals surface area contributed by atoms with Crippen LogP contribution in [0.25, 0.3) is 0 Å². The zero-order valence-corrected chi connectivity index (χ0v) is 15.7. The number of nitrogens with one attached hydrogen (secondary N) is 1. The minimum atomic E-state index is -0.968. The van der Waals surface area contributed by atoms with Gasteiger partial charge in [0.1, 0.15) is 6.04 Å². The van der Waals surface area contributed by atoms with E-state index >= 15 is 0 Å². The lowest BCUT2D eigenvalue weighted by molar-refractivity contribution is -0.166. The average molecular weight is 368 g/mol. The number of carbonyl (C=O) groups is 3. The molecule has 0 aliphatic carbocycles. The van der Waals surface area contributed by atoms with E-state index in [0.717, 1.165) is 17.7 Å². The van der Waals surface area contributed by atoms with E-state index in [1.807, 2.05) is 31.2 Å². The van der Waals surface area contributed by atoms with Gasteiger partial charge in [-0.2, -0.15) is 0 Å². The first-order chi connectivity index (χ1) is 12.3. The van der Waals surface area contributed by atoms with E-state index in [-0.39, 0.29) is 13.2 Å². The van der Waals surface area contributed by atoms with Gasteiger partial charge in [-0.05, 0) is 38.8 Å². The van der Waals surface area contributed by atoms with Crippen molar-refractivity contribution < 1.29 is 29.0 Å². The zero-order valence-electron chi connectivity index (χ0n) is 15.7. The molecular weight excluding hydrogens is 340 g/mol. The van der Waals surface area contributed by atoms with Crippen LogP contribution in [0, 0.1) is 0 Å². The predicted octanol–water partition coefficient (Wildman–Crippen LogP) is 1.57. The van der Waals surface area contributed by atoms with Crippen LogP contribution in [-0.4, -0.2) is 48.3 Å². The van der Waals surface area contributed by atoms with Crippen LogP contribution in [0.15, 0.2) is 24.3 Å². The number of carboxylic acids is 1. The molecule has 0 radical (unpaired) electrons. The van der Waals surface area contributed by atoms with E-state index in [2.05, 4.69) is 11.1 Å². The fourth-order valence-corrected chi connectivity index (χ4v) is 1.85. The molecule has 8 heteroatoms. The minimum absolute atomic E-state index is 0.262. The van der Waals surface area contributed by atoms with Gasteiger partial charge in [0, 0.05) is 5.69 Å². The van der Waals surface area contributed by atoms with Crippen LogP contribution >= 0.6 is 0 Å². The highest BCUT2D eigenvalue weighted by atomic mass is 16.6. The first-order valence-corrected chi connectivity index (χ1v) is 8.40. The number of carboxylic acid groups (broad SMARTS) is 1. The van der Waals surface area contributed by atoms with Crippen molar-refractivity contribution >= 4 is 23.6 Å². The number of ether oxygens (including phenoxy) is 2. The van der Waals surface area contributed by atoms with Gasteiger partial charge in [-0.3, -0.25) is 4.79 Å². The Bertz CT molecular complexity index is 591. The molecule has 0 aliphatic heterocycles. The Kier molecular flexibility index (Phi) is 11.4. The van der Waals surface area contributed by atoms with Crippen LogP contribution in [0.1, 0.15) is 33.3 Å². The van der Waals surface area contributed by atoms with E-state index in [4.69, 9.17) is 14.6 Å². The Hall–Kier alpha value is -2.61. The van der Waals surface area contributed by atoms with E-state index in [0.29, 0.717) is 0 Å². The summed E-state index contributed by atoms with van der Waals surface area (Å²) in [6, 6.07) is 7.23. The van der Waals surface area contributed by atoms with Crippen molar-refractivity contribution in [1.29, 1.82) is 0 Å². The molecule has 1 unspecified atom stereocenters. The van der Waals surface area contributed by atoms with Crippen molar-refractivity contribution in [2.24, 2.45) is 5.73 Å². The van der Waals surface area contributed by atoms with Gasteiger partial charge in [0.2, 0.25) is 0 Å². The van der Waals surface area contributed by atoms with Gasteiger partial charge in [-0.15, -0.1) is 0 Å². The van der Waals surface area contributed by atoms with E-state index in [1.54, 1.807) is 13.8 Å². The SMILES string of the molecule is CCOC(=O)C(C)OC(=O)[C@H](C)Nc1ccccc1CC.NCC(=O)O. The highest BCUT2D eigenvalue weighted by molar-refractivity contribution is 5.83. The molecule has 0 amide bonds. The third kappa shape index (κ3) is 9.03. The fourth-order valence-electron chi connectivity index (χ4n) is 1.85. The predicted molar refractivity (Wildman–Crippen MR) is 97.8 cm³/mol. The Morgan fingerprint density at radius 2 is 1.73 bits per heavy atom. The molecule has 2 atom stereocenters. The van der Waals surface area contributed by atoms with Crippen molar-refractivity contribution in [1.82, 2.24) is 0 Å². The zero-order chi connectivity index (χ0) is 20.1. The van der Waals surface area contributed by atoms with Crippen LogP contribution in [-0.2, 0) is 30.3 Å².